The van der Waals surface area contributed by atoms with Crippen molar-refractivity contribution in [2.75, 3.05) is 5.73 Å². The second-order valence-electron chi connectivity index (χ2n) is 6.76. The molecule has 0 amide bonds. The Kier molecular flexibility index (Phi) is 6.13. The largest absolute Gasteiger partial charge is 0.481 e. The molecule has 170 valence electrons. The van der Waals surface area contributed by atoms with Crippen LogP contribution in [0.5, 0.6) is 0 Å². The Morgan fingerprint density at radius 1 is 1.39 bits per heavy atom. The molecular weight excluding hydrogens is 445 g/mol. The number of carboxylic acids is 2. The summed E-state index contributed by atoms with van der Waals surface area (Å²) in [6, 6.07) is 0. The number of nitrogens with zero attached hydrogens (tertiary/aromatic N) is 3. The van der Waals surface area contributed by atoms with Gasteiger partial charge in [0.25, 0.3) is 5.56 Å². The Balaban J connectivity index is 1.98. The van der Waals surface area contributed by atoms with Crippen LogP contribution < -0.4 is 11.3 Å². The fourth-order valence-electron chi connectivity index (χ4n) is 3.32. The van der Waals surface area contributed by atoms with E-state index in [0.29, 0.717) is 0 Å². The predicted molar refractivity (Wildman–Crippen MR) is 97.4 cm³/mol. The lowest BCUT2D eigenvalue weighted by Crippen LogP contribution is -2.36. The molecule has 17 heteroatoms. The van der Waals surface area contributed by atoms with E-state index < -0.39 is 68.6 Å². The highest BCUT2D eigenvalue weighted by Gasteiger charge is 2.50. The van der Waals surface area contributed by atoms with Gasteiger partial charge in [-0.2, -0.15) is 4.98 Å². The maximum absolute atomic E-state index is 11.9. The smallest absolute Gasteiger partial charge is 0.470 e. The van der Waals surface area contributed by atoms with Gasteiger partial charge in [0.05, 0.1) is 24.8 Å². The van der Waals surface area contributed by atoms with E-state index in [2.05, 4.69) is 19.5 Å². The number of phosphoric acid groups is 1. The highest BCUT2D eigenvalue weighted by molar-refractivity contribution is 7.46. The van der Waals surface area contributed by atoms with Crippen LogP contribution in [0.1, 0.15) is 19.1 Å². The van der Waals surface area contributed by atoms with E-state index in [1.165, 1.54) is 0 Å². The van der Waals surface area contributed by atoms with E-state index in [-0.39, 0.29) is 17.1 Å². The van der Waals surface area contributed by atoms with Crippen LogP contribution >= 0.6 is 7.82 Å². The fourth-order valence-corrected chi connectivity index (χ4v) is 3.90. The van der Waals surface area contributed by atoms with Crippen molar-refractivity contribution in [1.29, 1.82) is 0 Å². The molecule has 8 N–H and O–H groups in total. The van der Waals surface area contributed by atoms with Crippen molar-refractivity contribution >= 4 is 36.9 Å². The number of nitrogen functional groups attached to an aromatic ring is 1. The van der Waals surface area contributed by atoms with Crippen LogP contribution in [0.4, 0.5) is 5.95 Å². The van der Waals surface area contributed by atoms with Crippen molar-refractivity contribution in [2.24, 2.45) is 5.92 Å². The van der Waals surface area contributed by atoms with E-state index in [0.717, 1.165) is 10.9 Å². The second-order valence-corrected chi connectivity index (χ2v) is 7.95. The first-order valence-electron chi connectivity index (χ1n) is 8.61. The lowest BCUT2D eigenvalue weighted by atomic mass is 9.95. The number of H-pyrrole nitrogens is 1. The lowest BCUT2D eigenvalue weighted by Gasteiger charge is -2.22. The molecule has 1 unspecified atom stereocenters. The SMILES string of the molecule is Nc1nc2c(ncn2[C@@H]2O[C@H](CC(CC(=O)O)C(=O)O)[C@@H](OP(=O)(O)O)[C@H]2O)c(=O)[nH]1. The molecule has 5 atom stereocenters. The van der Waals surface area contributed by atoms with E-state index >= 15 is 0 Å². The highest BCUT2D eigenvalue weighted by Crippen LogP contribution is 2.45. The molecule has 0 aromatic carbocycles. The van der Waals surface area contributed by atoms with Gasteiger partial charge in [0.1, 0.15) is 12.2 Å². The Bertz CT molecular complexity index is 1110. The molecule has 3 heterocycles. The first-order chi connectivity index (χ1) is 14.4. The fraction of sp³-hybridized carbons (Fsp3) is 0.500. The van der Waals surface area contributed by atoms with Gasteiger partial charge in [0.15, 0.2) is 17.4 Å². The highest BCUT2D eigenvalue weighted by atomic mass is 31.2. The van der Waals surface area contributed by atoms with Crippen LogP contribution in [0.3, 0.4) is 0 Å². The summed E-state index contributed by atoms with van der Waals surface area (Å²) in [6.45, 7) is 0. The number of carbonyl (C=O) groups is 2. The summed E-state index contributed by atoms with van der Waals surface area (Å²) in [7, 11) is -5.17. The topological polar surface area (TPSA) is 260 Å². The molecule has 1 aliphatic heterocycles. The summed E-state index contributed by atoms with van der Waals surface area (Å²) in [5.74, 6) is -4.70. The third kappa shape index (κ3) is 4.90. The summed E-state index contributed by atoms with van der Waals surface area (Å²) in [5, 5.41) is 28.8. The molecule has 31 heavy (non-hydrogen) atoms. The molecule has 0 aliphatic carbocycles. The number of fused-ring (bicyclic) bond motifs is 1. The van der Waals surface area contributed by atoms with Gasteiger partial charge in [0.2, 0.25) is 5.95 Å². The minimum atomic E-state index is -5.17. The van der Waals surface area contributed by atoms with E-state index in [1.807, 2.05) is 0 Å². The molecule has 2 aromatic rings. The van der Waals surface area contributed by atoms with Crippen molar-refractivity contribution in [3.05, 3.63) is 16.7 Å². The Labute approximate surface area is 171 Å². The van der Waals surface area contributed by atoms with Gasteiger partial charge >= 0.3 is 19.8 Å². The summed E-state index contributed by atoms with van der Waals surface area (Å²) >= 11 is 0. The zero-order valence-electron chi connectivity index (χ0n) is 15.4. The molecular formula is C14H18N5O11P. The van der Waals surface area contributed by atoms with E-state index in [4.69, 9.17) is 15.6 Å². The number of aromatic amines is 1. The summed E-state index contributed by atoms with van der Waals surface area (Å²) in [4.78, 5) is 62.6. The molecule has 1 saturated heterocycles. The number of phosphoric ester groups is 1. The third-order valence-corrected chi connectivity index (χ3v) is 5.10. The van der Waals surface area contributed by atoms with Crippen LogP contribution in [0.2, 0.25) is 0 Å². The molecule has 0 radical (unpaired) electrons. The molecule has 1 aliphatic rings. The Hall–Kier alpha value is -2.88. The first-order valence-corrected chi connectivity index (χ1v) is 10.1. The molecule has 0 spiro atoms. The van der Waals surface area contributed by atoms with E-state index in [1.54, 1.807) is 0 Å². The Morgan fingerprint density at radius 2 is 2.06 bits per heavy atom. The Morgan fingerprint density at radius 3 is 2.65 bits per heavy atom. The normalized spacial score (nSPS) is 25.0. The van der Waals surface area contributed by atoms with Crippen LogP contribution in [-0.4, -0.2) is 74.9 Å². The number of imidazole rings is 1. The zero-order valence-corrected chi connectivity index (χ0v) is 16.3. The van der Waals surface area contributed by atoms with Crippen LogP contribution in [-0.2, 0) is 23.4 Å². The molecule has 2 aromatic heterocycles. The number of anilines is 1. The molecule has 0 bridgehead atoms. The van der Waals surface area contributed by atoms with Gasteiger partial charge in [-0.3, -0.25) is 28.5 Å². The number of aromatic nitrogens is 4. The minimum absolute atomic E-state index is 0.124. The first kappa shape index (κ1) is 22.8. The molecule has 3 rings (SSSR count). The summed E-state index contributed by atoms with van der Waals surface area (Å²) in [5.41, 5.74) is 4.52. The van der Waals surface area contributed by atoms with Crippen molar-refractivity contribution in [2.45, 2.75) is 37.4 Å². The number of nitrogens with two attached hydrogens (primary N) is 1. The maximum atomic E-state index is 11.9. The van der Waals surface area contributed by atoms with Crippen LogP contribution in [0.15, 0.2) is 11.1 Å². The quantitative estimate of drug-likeness (QED) is 0.209. The van der Waals surface area contributed by atoms with Crippen LogP contribution in [0, 0.1) is 5.92 Å². The number of aliphatic hydroxyl groups excluding tert-OH is 1. The average Bonchev–Trinajstić information content (AvgIpc) is 3.15. The van der Waals surface area contributed by atoms with Gasteiger partial charge in [0, 0.05) is 0 Å². The number of rotatable bonds is 8. The number of ether oxygens (including phenoxy) is 1. The van der Waals surface area contributed by atoms with Gasteiger partial charge in [-0.1, -0.05) is 0 Å². The number of nitrogens with one attached hydrogen (secondary N) is 1. The van der Waals surface area contributed by atoms with Crippen molar-refractivity contribution in [1.82, 2.24) is 19.5 Å². The van der Waals surface area contributed by atoms with E-state index in [9.17, 15) is 38.9 Å². The minimum Gasteiger partial charge on any atom is -0.481 e. The van der Waals surface area contributed by atoms with Gasteiger partial charge in [-0.15, -0.1) is 0 Å². The van der Waals surface area contributed by atoms with Crippen molar-refractivity contribution in [3.63, 3.8) is 0 Å². The number of carboxylic acid groups (broad SMARTS) is 2. The van der Waals surface area contributed by atoms with Crippen molar-refractivity contribution < 1.29 is 48.5 Å². The maximum Gasteiger partial charge on any atom is 0.470 e. The van der Waals surface area contributed by atoms with Gasteiger partial charge < -0.3 is 35.6 Å². The zero-order chi connectivity index (χ0) is 23.1. The number of hydrogen-bond donors (Lipinski definition) is 7. The number of aliphatic hydroxyl groups is 1. The molecule has 0 saturated carbocycles. The number of hydrogen-bond acceptors (Lipinski definition) is 10. The average molecular weight is 463 g/mol. The summed E-state index contributed by atoms with van der Waals surface area (Å²) < 4.78 is 22.6. The van der Waals surface area contributed by atoms with Crippen LogP contribution in [0.25, 0.3) is 11.2 Å². The molecule has 1 fully saturated rings. The second kappa shape index (κ2) is 8.33. The summed E-state index contributed by atoms with van der Waals surface area (Å²) in [6.07, 6.45) is -6.72. The lowest BCUT2D eigenvalue weighted by molar-refractivity contribution is -0.150. The number of aliphatic carboxylic acids is 2. The molecule has 16 nitrogen and oxygen atoms in total. The standard InChI is InChI=1S/C14H18N5O11P/c15-14-17-10-7(11(23)18-14)16-3-19(10)12-8(22)9(30-31(26,27)28)5(29-12)1-4(13(24)25)2-6(20)21/h3-5,8-9,12,22H,1-2H2,(H,20,21)(H,24,25)(H2,26,27,28)(H3,15,17,18,23)/t4?,5-,8-,9-,12-/m1/s1. The third-order valence-electron chi connectivity index (χ3n) is 4.58. The monoisotopic (exact) mass is 463 g/mol. The van der Waals surface area contributed by atoms with Gasteiger partial charge in [-0.05, 0) is 6.42 Å². The predicted octanol–water partition coefficient (Wildman–Crippen LogP) is -2.00. The van der Waals surface area contributed by atoms with Crippen molar-refractivity contribution in [3.8, 4) is 0 Å². The van der Waals surface area contributed by atoms with Gasteiger partial charge in [-0.25, -0.2) is 9.55 Å².